The van der Waals surface area contributed by atoms with Crippen LogP contribution in [0.15, 0.2) is 90.0 Å². The minimum absolute atomic E-state index is 0.311. The normalized spacial score (nSPS) is 11.0. The summed E-state index contributed by atoms with van der Waals surface area (Å²) in [4.78, 5) is 12.3. The fourth-order valence-corrected chi connectivity index (χ4v) is 3.45. The lowest BCUT2D eigenvalue weighted by Gasteiger charge is -2.11. The first-order valence-corrected chi connectivity index (χ1v) is 10.3. The molecular weight excluding hydrogens is 431 g/mol. The monoisotopic (exact) mass is 448 g/mol. The highest BCUT2D eigenvalue weighted by Crippen LogP contribution is 2.23. The number of amides is 1. The lowest BCUT2D eigenvalue weighted by molar-refractivity contribution is 0.0955. The molecule has 154 valence electrons. The molecule has 0 aromatic heterocycles. The van der Waals surface area contributed by atoms with Crippen LogP contribution >= 0.6 is 23.2 Å². The van der Waals surface area contributed by atoms with Gasteiger partial charge in [0.15, 0.2) is 0 Å². The highest BCUT2D eigenvalue weighted by atomic mass is 35.5. The minimum Gasteiger partial charge on any atom is -0.488 e. The predicted molar refractivity (Wildman–Crippen MR) is 126 cm³/mol. The van der Waals surface area contributed by atoms with Gasteiger partial charge in [0.2, 0.25) is 0 Å². The molecule has 0 bridgehead atoms. The van der Waals surface area contributed by atoms with Gasteiger partial charge in [-0.2, -0.15) is 5.10 Å². The van der Waals surface area contributed by atoms with Gasteiger partial charge in [-0.3, -0.25) is 4.79 Å². The number of nitrogens with one attached hydrogen (secondary N) is 1. The molecule has 0 aliphatic heterocycles. The zero-order valence-electron chi connectivity index (χ0n) is 16.4. The molecule has 0 aliphatic rings. The molecule has 4 aromatic rings. The van der Waals surface area contributed by atoms with E-state index in [0.29, 0.717) is 28.0 Å². The summed E-state index contributed by atoms with van der Waals surface area (Å²) in [6.07, 6.45) is 1.55. The smallest absolute Gasteiger partial charge is 0.271 e. The average molecular weight is 449 g/mol. The van der Waals surface area contributed by atoms with Crippen LogP contribution in [0.25, 0.3) is 10.8 Å². The fourth-order valence-electron chi connectivity index (χ4n) is 3.15. The third kappa shape index (κ3) is 5.05. The molecule has 0 unspecified atom stereocenters. The third-order valence-electron chi connectivity index (χ3n) is 4.73. The van der Waals surface area contributed by atoms with E-state index in [9.17, 15) is 4.79 Å². The Kier molecular flexibility index (Phi) is 6.51. The molecular formula is C25H18Cl2N2O2. The summed E-state index contributed by atoms with van der Waals surface area (Å²) in [5, 5.41) is 7.08. The largest absolute Gasteiger partial charge is 0.488 e. The Labute approximate surface area is 190 Å². The summed E-state index contributed by atoms with van der Waals surface area (Å²) in [6.45, 7) is 0.418. The van der Waals surface area contributed by atoms with E-state index in [2.05, 4.69) is 34.8 Å². The van der Waals surface area contributed by atoms with Crippen molar-refractivity contribution in [2.24, 2.45) is 5.10 Å². The van der Waals surface area contributed by atoms with Crippen LogP contribution in [0.5, 0.6) is 5.75 Å². The van der Waals surface area contributed by atoms with Crippen molar-refractivity contribution >= 4 is 46.1 Å². The second kappa shape index (κ2) is 9.65. The summed E-state index contributed by atoms with van der Waals surface area (Å²) in [5.41, 5.74) is 4.70. The number of hydrogen-bond acceptors (Lipinski definition) is 3. The van der Waals surface area contributed by atoms with Gasteiger partial charge in [-0.1, -0.05) is 77.8 Å². The SMILES string of the molecule is O=C(N/N=C/c1ccccc1OCc1cccc2ccccc12)c1ccc(Cl)c(Cl)c1. The van der Waals surface area contributed by atoms with Crippen LogP contribution in [0, 0.1) is 0 Å². The fraction of sp³-hybridized carbons (Fsp3) is 0.0400. The van der Waals surface area contributed by atoms with Gasteiger partial charge in [0.25, 0.3) is 5.91 Å². The summed E-state index contributed by atoms with van der Waals surface area (Å²) in [7, 11) is 0. The Hall–Kier alpha value is -3.34. The second-order valence-corrected chi connectivity index (χ2v) is 7.61. The van der Waals surface area contributed by atoms with Crippen molar-refractivity contribution in [2.45, 2.75) is 6.61 Å². The number of hydrogen-bond donors (Lipinski definition) is 1. The molecule has 31 heavy (non-hydrogen) atoms. The number of nitrogens with zero attached hydrogens (tertiary/aromatic N) is 1. The van der Waals surface area contributed by atoms with Gasteiger partial charge in [0.05, 0.1) is 16.3 Å². The van der Waals surface area contributed by atoms with E-state index in [1.54, 1.807) is 18.3 Å². The van der Waals surface area contributed by atoms with Crippen molar-refractivity contribution in [1.29, 1.82) is 0 Å². The molecule has 4 rings (SSSR count). The standard InChI is InChI=1S/C25H18Cl2N2O2/c26-22-13-12-18(14-23(22)27)25(30)29-28-15-19-7-2-4-11-24(19)31-16-20-9-5-8-17-6-1-3-10-21(17)20/h1-15H,16H2,(H,29,30)/b28-15+. The molecule has 0 saturated heterocycles. The summed E-state index contributed by atoms with van der Waals surface area (Å²) < 4.78 is 6.07. The van der Waals surface area contributed by atoms with Gasteiger partial charge in [0.1, 0.15) is 12.4 Å². The molecule has 1 amide bonds. The quantitative estimate of drug-likeness (QED) is 0.270. The van der Waals surface area contributed by atoms with Crippen LogP contribution in [0.2, 0.25) is 10.0 Å². The molecule has 4 aromatic carbocycles. The summed E-state index contributed by atoms with van der Waals surface area (Å²) in [5.74, 6) is 0.284. The van der Waals surface area contributed by atoms with Crippen LogP contribution in [-0.2, 0) is 6.61 Å². The molecule has 1 N–H and O–H groups in total. The van der Waals surface area contributed by atoms with E-state index in [1.807, 2.05) is 42.5 Å². The number of carbonyl (C=O) groups excluding carboxylic acids is 1. The Balaban J connectivity index is 1.45. The minimum atomic E-state index is -0.385. The Morgan fingerprint density at radius 2 is 1.68 bits per heavy atom. The molecule has 0 fully saturated rings. The maximum Gasteiger partial charge on any atom is 0.271 e. The number of fused-ring (bicyclic) bond motifs is 1. The van der Waals surface area contributed by atoms with Gasteiger partial charge in [-0.15, -0.1) is 0 Å². The molecule has 0 aliphatic carbocycles. The molecule has 4 nitrogen and oxygen atoms in total. The van der Waals surface area contributed by atoms with E-state index in [0.717, 1.165) is 16.5 Å². The Bertz CT molecular complexity index is 1270. The molecule has 0 saturated carbocycles. The molecule has 6 heteroatoms. The van der Waals surface area contributed by atoms with Crippen molar-refractivity contribution in [3.63, 3.8) is 0 Å². The molecule has 0 atom stereocenters. The number of carbonyl (C=O) groups is 1. The molecule has 0 heterocycles. The number of para-hydroxylation sites is 1. The number of benzene rings is 4. The maximum atomic E-state index is 12.3. The van der Waals surface area contributed by atoms with Gasteiger partial charge in [-0.25, -0.2) is 5.43 Å². The lowest BCUT2D eigenvalue weighted by atomic mass is 10.1. The van der Waals surface area contributed by atoms with Crippen LogP contribution < -0.4 is 10.2 Å². The topological polar surface area (TPSA) is 50.7 Å². The first-order valence-electron chi connectivity index (χ1n) is 9.59. The number of hydrazone groups is 1. The summed E-state index contributed by atoms with van der Waals surface area (Å²) >= 11 is 11.8. The third-order valence-corrected chi connectivity index (χ3v) is 5.47. The van der Waals surface area contributed by atoms with Crippen LogP contribution in [0.1, 0.15) is 21.5 Å². The van der Waals surface area contributed by atoms with Crippen molar-refractivity contribution in [3.8, 4) is 5.75 Å². The van der Waals surface area contributed by atoms with Crippen LogP contribution in [-0.4, -0.2) is 12.1 Å². The second-order valence-electron chi connectivity index (χ2n) is 6.79. The number of halogens is 2. The predicted octanol–water partition coefficient (Wildman–Crippen LogP) is 6.49. The van der Waals surface area contributed by atoms with Gasteiger partial charge < -0.3 is 4.74 Å². The van der Waals surface area contributed by atoms with Gasteiger partial charge >= 0.3 is 0 Å². The number of rotatable bonds is 6. The first kappa shape index (κ1) is 20.9. The van der Waals surface area contributed by atoms with E-state index in [-0.39, 0.29) is 5.91 Å². The zero-order chi connectivity index (χ0) is 21.6. The number of ether oxygens (including phenoxy) is 1. The van der Waals surface area contributed by atoms with Crippen molar-refractivity contribution in [3.05, 3.63) is 112 Å². The molecule has 0 spiro atoms. The van der Waals surface area contributed by atoms with E-state index >= 15 is 0 Å². The lowest BCUT2D eigenvalue weighted by Crippen LogP contribution is -2.17. The summed E-state index contributed by atoms with van der Waals surface area (Å²) in [6, 6.07) is 26.5. The van der Waals surface area contributed by atoms with Crippen LogP contribution in [0.3, 0.4) is 0 Å². The van der Waals surface area contributed by atoms with Crippen LogP contribution in [0.4, 0.5) is 0 Å². The van der Waals surface area contributed by atoms with E-state index in [4.69, 9.17) is 27.9 Å². The van der Waals surface area contributed by atoms with Crippen molar-refractivity contribution in [2.75, 3.05) is 0 Å². The highest BCUT2D eigenvalue weighted by Gasteiger charge is 2.08. The van der Waals surface area contributed by atoms with E-state index < -0.39 is 0 Å². The van der Waals surface area contributed by atoms with Crippen molar-refractivity contribution in [1.82, 2.24) is 5.43 Å². The Morgan fingerprint density at radius 3 is 2.55 bits per heavy atom. The Morgan fingerprint density at radius 1 is 0.903 bits per heavy atom. The van der Waals surface area contributed by atoms with Gasteiger partial charge in [0, 0.05) is 11.1 Å². The highest BCUT2D eigenvalue weighted by molar-refractivity contribution is 6.42. The van der Waals surface area contributed by atoms with E-state index in [1.165, 1.54) is 11.5 Å². The maximum absolute atomic E-state index is 12.3. The zero-order valence-corrected chi connectivity index (χ0v) is 17.9. The van der Waals surface area contributed by atoms with Gasteiger partial charge in [-0.05, 0) is 46.7 Å². The average Bonchev–Trinajstić information content (AvgIpc) is 2.80. The van der Waals surface area contributed by atoms with Crippen molar-refractivity contribution < 1.29 is 9.53 Å². The first-order chi connectivity index (χ1) is 15.1. The molecule has 0 radical (unpaired) electrons.